The van der Waals surface area contributed by atoms with Crippen LogP contribution < -0.4 is 10.6 Å². The second-order valence-corrected chi connectivity index (χ2v) is 11.3. The summed E-state index contributed by atoms with van der Waals surface area (Å²) in [5.74, 6) is -0.123. The third-order valence-corrected chi connectivity index (χ3v) is 8.46. The number of carbonyl (C=O) groups is 3. The lowest BCUT2D eigenvalue weighted by molar-refractivity contribution is -0.142. The number of hydrogen-bond donors (Lipinski definition) is 2. The molecule has 36 heavy (non-hydrogen) atoms. The first-order valence-corrected chi connectivity index (χ1v) is 14.0. The number of amides is 3. The van der Waals surface area contributed by atoms with Gasteiger partial charge in [-0.15, -0.1) is 11.3 Å². The summed E-state index contributed by atoms with van der Waals surface area (Å²) in [6.07, 6.45) is 5.79. The van der Waals surface area contributed by atoms with Gasteiger partial charge >= 0.3 is 0 Å². The van der Waals surface area contributed by atoms with Gasteiger partial charge in [-0.05, 0) is 64.5 Å². The van der Waals surface area contributed by atoms with Gasteiger partial charge in [0.1, 0.15) is 6.04 Å². The Labute approximate surface area is 217 Å². The smallest absolute Gasteiger partial charge is 0.242 e. The minimum absolute atomic E-state index is 0.0686. The number of carbonyl (C=O) groups excluding carboxylic acids is 3. The molecule has 2 aromatic rings. The number of fused-ring (bicyclic) bond motifs is 1. The van der Waals surface area contributed by atoms with Gasteiger partial charge < -0.3 is 20.3 Å². The molecule has 3 heterocycles. The number of ether oxygens (including phenoxy) is 1. The number of nitrogens with zero attached hydrogens (tertiary/aromatic N) is 2. The molecule has 8 nitrogen and oxygen atoms in total. The van der Waals surface area contributed by atoms with E-state index >= 15 is 0 Å². The summed E-state index contributed by atoms with van der Waals surface area (Å²) >= 11 is 1.69. The highest BCUT2D eigenvalue weighted by atomic mass is 32.1. The van der Waals surface area contributed by atoms with Crippen LogP contribution >= 0.6 is 11.3 Å². The molecule has 0 bridgehead atoms. The van der Waals surface area contributed by atoms with Crippen molar-refractivity contribution in [3.63, 3.8) is 0 Å². The number of para-hydroxylation sites is 1. The lowest BCUT2D eigenvalue weighted by Crippen LogP contribution is -2.55. The van der Waals surface area contributed by atoms with Crippen molar-refractivity contribution in [2.75, 3.05) is 26.3 Å². The molecule has 1 aromatic heterocycles. The molecule has 9 heteroatoms. The molecular weight excluding hydrogens is 476 g/mol. The van der Waals surface area contributed by atoms with Crippen LogP contribution in [0.25, 0.3) is 10.2 Å². The van der Waals surface area contributed by atoms with Crippen LogP contribution in [0.1, 0.15) is 63.8 Å². The van der Waals surface area contributed by atoms with Crippen LogP contribution in [0.15, 0.2) is 24.3 Å². The third kappa shape index (κ3) is 6.62. The molecule has 0 radical (unpaired) electrons. The fourth-order valence-corrected chi connectivity index (χ4v) is 6.11. The molecule has 2 aliphatic heterocycles. The van der Waals surface area contributed by atoms with E-state index in [1.807, 2.05) is 30.0 Å². The van der Waals surface area contributed by atoms with Gasteiger partial charge in [-0.3, -0.25) is 14.4 Å². The van der Waals surface area contributed by atoms with Gasteiger partial charge in [0.2, 0.25) is 17.7 Å². The maximum absolute atomic E-state index is 13.4. The first kappa shape index (κ1) is 26.5. The molecule has 1 spiro atoms. The zero-order chi connectivity index (χ0) is 25.5. The van der Waals surface area contributed by atoms with Crippen LogP contribution in [0.4, 0.5) is 0 Å². The molecule has 2 fully saturated rings. The number of likely N-dealkylation sites (tertiary alicyclic amines) is 1. The second kappa shape index (κ2) is 12.1. The molecule has 1 aromatic carbocycles. The molecule has 2 aliphatic rings. The maximum Gasteiger partial charge on any atom is 0.242 e. The minimum Gasteiger partial charge on any atom is -0.379 e. The number of aryl methyl sites for hydroxylation is 1. The predicted octanol–water partition coefficient (Wildman–Crippen LogP) is 3.44. The van der Waals surface area contributed by atoms with Crippen LogP contribution in [0, 0.1) is 5.41 Å². The largest absolute Gasteiger partial charge is 0.379 e. The first-order chi connectivity index (χ1) is 17.4. The number of hydrogen-bond acceptors (Lipinski definition) is 6. The molecular formula is C27H38N4O4S. The monoisotopic (exact) mass is 514 g/mol. The normalized spacial score (nSPS) is 23.9. The number of rotatable bonds is 4. The van der Waals surface area contributed by atoms with Gasteiger partial charge in [-0.1, -0.05) is 18.6 Å². The van der Waals surface area contributed by atoms with Crippen LogP contribution in [0.2, 0.25) is 0 Å². The van der Waals surface area contributed by atoms with Gasteiger partial charge in [-0.25, -0.2) is 4.98 Å². The third-order valence-electron chi connectivity index (χ3n) is 7.37. The molecule has 0 aliphatic carbocycles. The Hall–Kier alpha value is -2.52. The van der Waals surface area contributed by atoms with E-state index in [9.17, 15) is 14.4 Å². The van der Waals surface area contributed by atoms with E-state index in [0.29, 0.717) is 45.6 Å². The van der Waals surface area contributed by atoms with Crippen LogP contribution in [0.3, 0.4) is 0 Å². The van der Waals surface area contributed by atoms with Crippen molar-refractivity contribution in [3.05, 3.63) is 29.3 Å². The molecule has 2 N–H and O–H groups in total. The highest BCUT2D eigenvalue weighted by Gasteiger charge is 2.42. The van der Waals surface area contributed by atoms with E-state index in [-0.39, 0.29) is 23.8 Å². The Morgan fingerprint density at radius 1 is 1.14 bits per heavy atom. The van der Waals surface area contributed by atoms with E-state index in [4.69, 9.17) is 4.74 Å². The van der Waals surface area contributed by atoms with Crippen molar-refractivity contribution in [2.45, 2.75) is 77.3 Å². The van der Waals surface area contributed by atoms with Crippen molar-refractivity contribution < 1.29 is 19.1 Å². The van der Waals surface area contributed by atoms with Crippen molar-refractivity contribution in [1.29, 1.82) is 0 Å². The minimum atomic E-state index is -0.611. The molecule has 0 saturated carbocycles. The van der Waals surface area contributed by atoms with Gasteiger partial charge in [0.15, 0.2) is 0 Å². The average Bonchev–Trinajstić information content (AvgIpc) is 3.28. The van der Waals surface area contributed by atoms with Crippen LogP contribution in [0.5, 0.6) is 0 Å². The summed E-state index contributed by atoms with van der Waals surface area (Å²) in [6.45, 7) is 5.85. The van der Waals surface area contributed by atoms with Crippen molar-refractivity contribution in [2.24, 2.45) is 5.41 Å². The maximum atomic E-state index is 13.4. The van der Waals surface area contributed by atoms with E-state index in [1.165, 1.54) is 4.70 Å². The fourth-order valence-electron chi connectivity index (χ4n) is 5.10. The fraction of sp³-hybridized carbons (Fsp3) is 0.630. The van der Waals surface area contributed by atoms with Gasteiger partial charge in [0.25, 0.3) is 0 Å². The lowest BCUT2D eigenvalue weighted by atomic mass is 9.73. The topological polar surface area (TPSA) is 101 Å². The van der Waals surface area contributed by atoms with Gasteiger partial charge in [-0.2, -0.15) is 0 Å². The van der Waals surface area contributed by atoms with E-state index in [1.54, 1.807) is 18.3 Å². The summed E-state index contributed by atoms with van der Waals surface area (Å²) in [7, 11) is 0. The van der Waals surface area contributed by atoms with E-state index in [2.05, 4.69) is 21.7 Å². The Balaban J connectivity index is 1.30. The van der Waals surface area contributed by atoms with Crippen LogP contribution in [-0.4, -0.2) is 66.0 Å². The summed E-state index contributed by atoms with van der Waals surface area (Å²) in [4.78, 5) is 45.4. The van der Waals surface area contributed by atoms with Crippen molar-refractivity contribution in [3.8, 4) is 0 Å². The standard InChI is InChI=1S/C27H38N4O4S/c1-19-18-35-17-6-5-12-27(26(34)29-20(2)25(33)28-19)13-15-31(16-14-27)24(32)11-7-10-23-30-21-8-3-4-9-22(21)36-23/h3-4,8-9,19-20H,5-7,10-18H2,1-2H3,(H,28,33)(H,29,34)/t19-,20-/m0/s1. The molecule has 0 unspecified atom stereocenters. The summed E-state index contributed by atoms with van der Waals surface area (Å²) < 4.78 is 6.88. The number of thiazole rings is 1. The van der Waals surface area contributed by atoms with Crippen molar-refractivity contribution >= 4 is 39.3 Å². The Kier molecular flexibility index (Phi) is 8.95. The van der Waals surface area contributed by atoms with Crippen LogP contribution in [-0.2, 0) is 25.5 Å². The summed E-state index contributed by atoms with van der Waals surface area (Å²) in [5, 5.41) is 6.93. The van der Waals surface area contributed by atoms with Gasteiger partial charge in [0, 0.05) is 32.2 Å². The quantitative estimate of drug-likeness (QED) is 0.651. The van der Waals surface area contributed by atoms with Crippen molar-refractivity contribution in [1.82, 2.24) is 20.5 Å². The number of aromatic nitrogens is 1. The Bertz CT molecular complexity index is 1030. The van der Waals surface area contributed by atoms with E-state index in [0.717, 1.165) is 42.6 Å². The first-order valence-electron chi connectivity index (χ1n) is 13.2. The molecule has 2 atom stereocenters. The summed E-state index contributed by atoms with van der Waals surface area (Å²) in [6, 6.07) is 7.39. The number of benzene rings is 1. The number of nitrogens with one attached hydrogen (secondary N) is 2. The molecule has 4 rings (SSSR count). The molecule has 3 amide bonds. The Morgan fingerprint density at radius 2 is 1.92 bits per heavy atom. The number of piperidine rings is 1. The lowest BCUT2D eigenvalue weighted by Gasteiger charge is -2.41. The SMILES string of the molecule is C[C@@H]1NC(=O)C2(CCCCOC[C@H](C)NC1=O)CCN(C(=O)CCCc1nc3ccccc3s1)CC2. The summed E-state index contributed by atoms with van der Waals surface area (Å²) in [5.41, 5.74) is 0.468. The second-order valence-electron chi connectivity index (χ2n) is 10.2. The zero-order valence-electron chi connectivity index (χ0n) is 21.4. The Morgan fingerprint density at radius 3 is 2.69 bits per heavy atom. The van der Waals surface area contributed by atoms with Gasteiger partial charge in [0.05, 0.1) is 27.2 Å². The average molecular weight is 515 g/mol. The van der Waals surface area contributed by atoms with E-state index < -0.39 is 11.5 Å². The molecule has 196 valence electrons. The predicted molar refractivity (Wildman–Crippen MR) is 141 cm³/mol. The molecule has 2 saturated heterocycles. The highest BCUT2D eigenvalue weighted by Crippen LogP contribution is 2.37. The highest BCUT2D eigenvalue weighted by molar-refractivity contribution is 7.18. The zero-order valence-corrected chi connectivity index (χ0v) is 22.2.